The molecule has 1 aromatic carbocycles. The van der Waals surface area contributed by atoms with E-state index in [9.17, 15) is 0 Å². The van der Waals surface area contributed by atoms with Crippen LogP contribution in [0.4, 0.5) is 0 Å². The maximum absolute atomic E-state index is 8.99. The highest BCUT2D eigenvalue weighted by atomic mass is 32.1. The summed E-state index contributed by atoms with van der Waals surface area (Å²) in [5.74, 6) is 1.41. The smallest absolute Gasteiger partial charge is 0.161 e. The largest absolute Gasteiger partial charge is 0.493 e. The number of nitriles is 1. The lowest BCUT2D eigenvalue weighted by Gasteiger charge is -2.14. The molecule has 110 valence electrons. The number of ether oxygens (including phenoxy) is 2. The number of thiophene rings is 1. The average molecular weight is 302 g/mol. The van der Waals surface area contributed by atoms with Crippen LogP contribution in [0, 0.1) is 11.3 Å². The Morgan fingerprint density at radius 3 is 2.48 bits per heavy atom. The van der Waals surface area contributed by atoms with Crippen molar-refractivity contribution in [2.24, 2.45) is 0 Å². The topological polar surface area (TPSA) is 54.3 Å². The van der Waals surface area contributed by atoms with Crippen molar-refractivity contribution >= 4 is 11.3 Å². The van der Waals surface area contributed by atoms with E-state index in [0.29, 0.717) is 16.4 Å². The fourth-order valence-corrected chi connectivity index (χ4v) is 2.95. The third kappa shape index (κ3) is 3.35. The van der Waals surface area contributed by atoms with Gasteiger partial charge >= 0.3 is 0 Å². The Labute approximate surface area is 128 Å². The predicted octanol–water partition coefficient (Wildman–Crippen LogP) is 3.41. The molecule has 0 aliphatic rings. The Kier molecular flexibility index (Phi) is 5.20. The Morgan fingerprint density at radius 2 is 1.90 bits per heavy atom. The minimum atomic E-state index is 0.694. The molecule has 0 unspecified atom stereocenters. The first kappa shape index (κ1) is 15.4. The van der Waals surface area contributed by atoms with Gasteiger partial charge in [-0.2, -0.15) is 5.26 Å². The molecule has 1 aromatic heterocycles. The van der Waals surface area contributed by atoms with E-state index in [4.69, 9.17) is 14.7 Å². The normalized spacial score (nSPS) is 10.2. The second-order valence-corrected chi connectivity index (χ2v) is 5.50. The summed E-state index contributed by atoms with van der Waals surface area (Å²) in [5.41, 5.74) is 2.20. The van der Waals surface area contributed by atoms with Gasteiger partial charge in [0.15, 0.2) is 11.5 Å². The molecule has 5 heteroatoms. The Balaban J connectivity index is 2.52. The highest BCUT2D eigenvalue weighted by molar-refractivity contribution is 7.16. The van der Waals surface area contributed by atoms with Crippen molar-refractivity contribution in [3.05, 3.63) is 34.7 Å². The molecular weight excluding hydrogens is 284 g/mol. The maximum Gasteiger partial charge on any atom is 0.161 e. The Morgan fingerprint density at radius 1 is 1.19 bits per heavy atom. The van der Waals surface area contributed by atoms with Gasteiger partial charge in [-0.1, -0.05) is 6.92 Å². The van der Waals surface area contributed by atoms with Gasteiger partial charge < -0.3 is 14.8 Å². The molecule has 0 radical (unpaired) electrons. The first-order valence-electron chi connectivity index (χ1n) is 6.69. The van der Waals surface area contributed by atoms with Crippen LogP contribution >= 0.6 is 11.3 Å². The van der Waals surface area contributed by atoms with E-state index in [1.54, 1.807) is 14.2 Å². The van der Waals surface area contributed by atoms with Crippen LogP contribution in [-0.4, -0.2) is 20.8 Å². The molecule has 21 heavy (non-hydrogen) atoms. The summed E-state index contributed by atoms with van der Waals surface area (Å²) in [5, 5.41) is 12.3. The molecule has 2 rings (SSSR count). The van der Waals surface area contributed by atoms with Crippen molar-refractivity contribution in [2.45, 2.75) is 13.5 Å². The van der Waals surface area contributed by atoms with Crippen LogP contribution < -0.4 is 14.8 Å². The lowest BCUT2D eigenvalue weighted by atomic mass is 10.0. The minimum absolute atomic E-state index is 0.694. The number of hydrogen-bond acceptors (Lipinski definition) is 5. The monoisotopic (exact) mass is 302 g/mol. The fraction of sp³-hybridized carbons (Fsp3) is 0.312. The first-order valence-corrected chi connectivity index (χ1v) is 7.51. The van der Waals surface area contributed by atoms with E-state index >= 15 is 0 Å². The van der Waals surface area contributed by atoms with Gasteiger partial charge in [0.2, 0.25) is 0 Å². The molecular formula is C16H18N2O2S. The third-order valence-electron chi connectivity index (χ3n) is 3.16. The highest BCUT2D eigenvalue weighted by Crippen LogP contribution is 2.38. The summed E-state index contributed by atoms with van der Waals surface area (Å²) in [6, 6.07) is 9.95. The number of benzene rings is 1. The van der Waals surface area contributed by atoms with E-state index < -0.39 is 0 Å². The van der Waals surface area contributed by atoms with Crippen molar-refractivity contribution in [2.75, 3.05) is 20.8 Å². The van der Waals surface area contributed by atoms with Crippen LogP contribution in [0.2, 0.25) is 0 Å². The van der Waals surface area contributed by atoms with E-state index in [0.717, 1.165) is 29.1 Å². The zero-order valence-corrected chi connectivity index (χ0v) is 13.2. The molecule has 0 aliphatic heterocycles. The SMILES string of the molecule is CCNCc1cc(OC)c(OC)cc1-c1ccc(C#N)s1. The summed E-state index contributed by atoms with van der Waals surface area (Å²) in [4.78, 5) is 1.76. The summed E-state index contributed by atoms with van der Waals surface area (Å²) in [6.45, 7) is 3.70. The van der Waals surface area contributed by atoms with Gasteiger partial charge in [0.25, 0.3) is 0 Å². The molecule has 1 heterocycles. The standard InChI is InChI=1S/C16H18N2O2S/c1-4-18-10-11-7-14(19-2)15(20-3)8-13(11)16-6-5-12(9-17)21-16/h5-8,18H,4,10H2,1-3H3. The molecule has 4 nitrogen and oxygen atoms in total. The number of hydrogen-bond donors (Lipinski definition) is 1. The average Bonchev–Trinajstić information content (AvgIpc) is 3.00. The van der Waals surface area contributed by atoms with Gasteiger partial charge in [-0.25, -0.2) is 0 Å². The first-order chi connectivity index (χ1) is 10.2. The van der Waals surface area contributed by atoms with Gasteiger partial charge in [-0.05, 0) is 36.4 Å². The lowest BCUT2D eigenvalue weighted by molar-refractivity contribution is 0.354. The highest BCUT2D eigenvalue weighted by Gasteiger charge is 2.14. The molecule has 0 saturated carbocycles. The second kappa shape index (κ2) is 7.11. The number of nitrogens with one attached hydrogen (secondary N) is 1. The predicted molar refractivity (Wildman–Crippen MR) is 85.0 cm³/mol. The molecule has 2 aromatic rings. The molecule has 1 N–H and O–H groups in total. The van der Waals surface area contributed by atoms with E-state index in [2.05, 4.69) is 18.3 Å². The Bertz CT molecular complexity index is 659. The fourth-order valence-electron chi connectivity index (χ4n) is 2.10. The van der Waals surface area contributed by atoms with Crippen molar-refractivity contribution in [3.8, 4) is 28.0 Å². The van der Waals surface area contributed by atoms with Crippen molar-refractivity contribution in [3.63, 3.8) is 0 Å². The minimum Gasteiger partial charge on any atom is -0.493 e. The summed E-state index contributed by atoms with van der Waals surface area (Å²) in [7, 11) is 3.26. The van der Waals surface area contributed by atoms with Gasteiger partial charge in [-0.3, -0.25) is 0 Å². The Hall–Kier alpha value is -2.03. The summed E-state index contributed by atoms with van der Waals surface area (Å²) < 4.78 is 10.8. The maximum atomic E-state index is 8.99. The second-order valence-electron chi connectivity index (χ2n) is 4.42. The number of nitrogens with zero attached hydrogens (tertiary/aromatic N) is 1. The quantitative estimate of drug-likeness (QED) is 0.888. The number of rotatable bonds is 6. The lowest BCUT2D eigenvalue weighted by Crippen LogP contribution is -2.12. The van der Waals surface area contributed by atoms with Crippen LogP contribution in [0.25, 0.3) is 10.4 Å². The molecule has 0 amide bonds. The summed E-state index contributed by atoms with van der Waals surface area (Å²) >= 11 is 1.48. The van der Waals surface area contributed by atoms with E-state index in [1.807, 2.05) is 24.3 Å². The van der Waals surface area contributed by atoms with Crippen molar-refractivity contribution in [1.29, 1.82) is 5.26 Å². The molecule has 0 bridgehead atoms. The van der Waals surface area contributed by atoms with Crippen LogP contribution in [0.3, 0.4) is 0 Å². The van der Waals surface area contributed by atoms with Crippen LogP contribution in [-0.2, 0) is 6.54 Å². The van der Waals surface area contributed by atoms with Gasteiger partial charge in [0.05, 0.1) is 14.2 Å². The van der Waals surface area contributed by atoms with Crippen LogP contribution in [0.5, 0.6) is 11.5 Å². The van der Waals surface area contributed by atoms with Crippen molar-refractivity contribution in [1.82, 2.24) is 5.32 Å². The molecule has 0 saturated heterocycles. The molecule has 0 atom stereocenters. The number of methoxy groups -OCH3 is 2. The summed E-state index contributed by atoms with van der Waals surface area (Å²) in [6.07, 6.45) is 0. The zero-order chi connectivity index (χ0) is 15.2. The third-order valence-corrected chi connectivity index (χ3v) is 4.18. The zero-order valence-electron chi connectivity index (χ0n) is 12.4. The van der Waals surface area contributed by atoms with Crippen LogP contribution in [0.15, 0.2) is 24.3 Å². The van der Waals surface area contributed by atoms with Crippen LogP contribution in [0.1, 0.15) is 17.4 Å². The molecule has 0 aliphatic carbocycles. The van der Waals surface area contributed by atoms with Crippen molar-refractivity contribution < 1.29 is 9.47 Å². The van der Waals surface area contributed by atoms with Gasteiger partial charge in [-0.15, -0.1) is 11.3 Å². The van der Waals surface area contributed by atoms with Gasteiger partial charge in [0, 0.05) is 17.0 Å². The van der Waals surface area contributed by atoms with Gasteiger partial charge in [0.1, 0.15) is 10.9 Å². The molecule has 0 fully saturated rings. The molecule has 0 spiro atoms. The van der Waals surface area contributed by atoms with E-state index in [-0.39, 0.29) is 0 Å². The van der Waals surface area contributed by atoms with E-state index in [1.165, 1.54) is 11.3 Å².